The van der Waals surface area contributed by atoms with Crippen LogP contribution >= 0.6 is 0 Å². The van der Waals surface area contributed by atoms with E-state index < -0.39 is 0 Å². The van der Waals surface area contributed by atoms with E-state index in [1.54, 1.807) is 24.3 Å². The highest BCUT2D eigenvalue weighted by molar-refractivity contribution is 6.03. The van der Waals surface area contributed by atoms with E-state index in [9.17, 15) is 9.59 Å². The number of nitrogens with zero attached hydrogens (tertiary/aromatic N) is 1. The molecule has 2 amide bonds. The molecule has 0 aliphatic carbocycles. The number of hydrogen-bond acceptors (Lipinski definition) is 3. The summed E-state index contributed by atoms with van der Waals surface area (Å²) in [7, 11) is 0. The Kier molecular flexibility index (Phi) is 6.44. The molecule has 1 heterocycles. The fourth-order valence-electron chi connectivity index (χ4n) is 3.00. The van der Waals surface area contributed by atoms with Gasteiger partial charge in [0, 0.05) is 18.3 Å². The summed E-state index contributed by atoms with van der Waals surface area (Å²) in [5.41, 5.74) is 0.678. The molecule has 0 saturated carbocycles. The van der Waals surface area contributed by atoms with Gasteiger partial charge < -0.3 is 15.0 Å². The van der Waals surface area contributed by atoms with Gasteiger partial charge in [-0.1, -0.05) is 6.92 Å². The maximum absolute atomic E-state index is 12.4. The Hall–Kier alpha value is -2.04. The number of piperidine rings is 1. The van der Waals surface area contributed by atoms with Gasteiger partial charge in [0.15, 0.2) is 0 Å². The van der Waals surface area contributed by atoms with E-state index >= 15 is 0 Å². The van der Waals surface area contributed by atoms with Crippen LogP contribution in [0.4, 0.5) is 5.69 Å². The second-order valence-corrected chi connectivity index (χ2v) is 5.83. The zero-order valence-corrected chi connectivity index (χ0v) is 14.0. The smallest absolute Gasteiger partial charge is 0.233 e. The number of anilines is 1. The first kappa shape index (κ1) is 17.3. The molecule has 1 N–H and O–H groups in total. The monoisotopic (exact) mass is 318 g/mol. The van der Waals surface area contributed by atoms with Crippen molar-refractivity contribution in [3.05, 3.63) is 24.3 Å². The standard InChI is InChI=1S/C18H26N2O3/c1-3-15-7-5-6-12-20(15)18(22)13-17(21)19-14-8-10-16(11-9-14)23-4-2/h8-11,15H,3-7,12-13H2,1-2H3,(H,19,21). The quantitative estimate of drug-likeness (QED) is 0.819. The van der Waals surface area contributed by atoms with E-state index in [-0.39, 0.29) is 24.3 Å². The lowest BCUT2D eigenvalue weighted by Crippen LogP contribution is -2.44. The van der Waals surface area contributed by atoms with Crippen molar-refractivity contribution in [2.24, 2.45) is 0 Å². The first-order valence-corrected chi connectivity index (χ1v) is 8.46. The summed E-state index contributed by atoms with van der Waals surface area (Å²) in [5, 5.41) is 2.77. The van der Waals surface area contributed by atoms with E-state index in [0.717, 1.165) is 31.6 Å². The number of carbonyl (C=O) groups is 2. The molecule has 0 radical (unpaired) electrons. The van der Waals surface area contributed by atoms with Gasteiger partial charge in [-0.2, -0.15) is 0 Å². The Balaban J connectivity index is 1.87. The molecule has 0 aromatic heterocycles. The molecule has 1 aliphatic heterocycles. The predicted octanol–water partition coefficient (Wildman–Crippen LogP) is 3.21. The number of amides is 2. The summed E-state index contributed by atoms with van der Waals surface area (Å²) in [6, 6.07) is 7.46. The number of carbonyl (C=O) groups excluding carboxylic acids is 2. The zero-order chi connectivity index (χ0) is 16.7. The van der Waals surface area contributed by atoms with Gasteiger partial charge in [-0.3, -0.25) is 9.59 Å². The average Bonchev–Trinajstić information content (AvgIpc) is 2.56. The molecule has 1 aromatic carbocycles. The maximum atomic E-state index is 12.4. The summed E-state index contributed by atoms with van der Waals surface area (Å²) in [6.45, 7) is 5.39. The van der Waals surface area contributed by atoms with Crippen molar-refractivity contribution >= 4 is 17.5 Å². The summed E-state index contributed by atoms with van der Waals surface area (Å²) < 4.78 is 5.36. The third-order valence-electron chi connectivity index (χ3n) is 4.18. The third kappa shape index (κ3) is 4.98. The van der Waals surface area contributed by atoms with Gasteiger partial charge >= 0.3 is 0 Å². The van der Waals surface area contributed by atoms with Gasteiger partial charge in [0.1, 0.15) is 12.2 Å². The summed E-state index contributed by atoms with van der Waals surface area (Å²) in [6.07, 6.45) is 4.10. The van der Waals surface area contributed by atoms with Crippen molar-refractivity contribution in [2.45, 2.75) is 52.0 Å². The molecule has 5 nitrogen and oxygen atoms in total. The van der Waals surface area contributed by atoms with E-state index in [1.165, 1.54) is 6.42 Å². The Bertz CT molecular complexity index is 528. The van der Waals surface area contributed by atoms with Crippen LogP contribution in [0.25, 0.3) is 0 Å². The van der Waals surface area contributed by atoms with Gasteiger partial charge in [0.05, 0.1) is 6.61 Å². The number of ether oxygens (including phenoxy) is 1. The molecule has 1 atom stereocenters. The van der Waals surface area contributed by atoms with Gasteiger partial charge in [0.25, 0.3) is 0 Å². The Labute approximate surface area is 138 Å². The second-order valence-electron chi connectivity index (χ2n) is 5.83. The van der Waals surface area contributed by atoms with Crippen LogP contribution in [0.1, 0.15) is 46.0 Å². The molecule has 5 heteroatoms. The highest BCUT2D eigenvalue weighted by atomic mass is 16.5. The molecule has 0 spiro atoms. The normalized spacial score (nSPS) is 17.7. The molecule has 23 heavy (non-hydrogen) atoms. The molecule has 126 valence electrons. The molecule has 1 unspecified atom stereocenters. The Morgan fingerprint density at radius 1 is 1.22 bits per heavy atom. The van der Waals surface area contributed by atoms with Crippen molar-refractivity contribution in [3.8, 4) is 5.75 Å². The Morgan fingerprint density at radius 2 is 1.96 bits per heavy atom. The van der Waals surface area contributed by atoms with E-state index in [4.69, 9.17) is 4.74 Å². The minimum absolute atomic E-state index is 0.0695. The molecule has 1 fully saturated rings. The summed E-state index contributed by atoms with van der Waals surface area (Å²) in [5.74, 6) is 0.431. The minimum Gasteiger partial charge on any atom is -0.494 e. The van der Waals surface area contributed by atoms with Crippen LogP contribution in [0.5, 0.6) is 5.75 Å². The third-order valence-corrected chi connectivity index (χ3v) is 4.18. The molecule has 2 rings (SSSR count). The van der Waals surface area contributed by atoms with E-state index in [1.807, 2.05) is 11.8 Å². The molecule has 1 aromatic rings. The van der Waals surface area contributed by atoms with Crippen LogP contribution < -0.4 is 10.1 Å². The van der Waals surface area contributed by atoms with E-state index in [0.29, 0.717) is 12.3 Å². The topological polar surface area (TPSA) is 58.6 Å². The molecule has 1 aliphatic rings. The van der Waals surface area contributed by atoms with Crippen molar-refractivity contribution in [3.63, 3.8) is 0 Å². The SMILES string of the molecule is CCOc1ccc(NC(=O)CC(=O)N2CCCCC2CC)cc1. The lowest BCUT2D eigenvalue weighted by molar-refractivity contribution is -0.137. The fourth-order valence-corrected chi connectivity index (χ4v) is 3.00. The number of nitrogens with one attached hydrogen (secondary N) is 1. The van der Waals surface area contributed by atoms with Crippen LogP contribution in [0, 0.1) is 0 Å². The highest BCUT2D eigenvalue weighted by Crippen LogP contribution is 2.21. The van der Waals surface area contributed by atoms with Crippen molar-refractivity contribution < 1.29 is 14.3 Å². The molecular weight excluding hydrogens is 292 g/mol. The molecule has 1 saturated heterocycles. The number of likely N-dealkylation sites (tertiary alicyclic amines) is 1. The van der Waals surface area contributed by atoms with Gasteiger partial charge in [-0.05, 0) is 56.9 Å². The maximum Gasteiger partial charge on any atom is 0.233 e. The number of benzene rings is 1. The lowest BCUT2D eigenvalue weighted by atomic mass is 9.99. The number of hydrogen-bond donors (Lipinski definition) is 1. The summed E-state index contributed by atoms with van der Waals surface area (Å²) in [4.78, 5) is 26.3. The lowest BCUT2D eigenvalue weighted by Gasteiger charge is -2.35. The van der Waals surface area contributed by atoms with E-state index in [2.05, 4.69) is 12.2 Å². The molecule has 0 bridgehead atoms. The second kappa shape index (κ2) is 8.56. The first-order chi connectivity index (χ1) is 11.1. The Morgan fingerprint density at radius 3 is 2.61 bits per heavy atom. The predicted molar refractivity (Wildman–Crippen MR) is 90.5 cm³/mol. The number of rotatable bonds is 6. The minimum atomic E-state index is -0.264. The first-order valence-electron chi connectivity index (χ1n) is 8.46. The van der Waals surface area contributed by atoms with Crippen molar-refractivity contribution in [1.29, 1.82) is 0 Å². The average molecular weight is 318 g/mol. The van der Waals surface area contributed by atoms with Gasteiger partial charge in [0.2, 0.25) is 11.8 Å². The van der Waals surface area contributed by atoms with Gasteiger partial charge in [-0.15, -0.1) is 0 Å². The van der Waals surface area contributed by atoms with Crippen LogP contribution in [0.15, 0.2) is 24.3 Å². The van der Waals surface area contributed by atoms with Crippen LogP contribution in [0.2, 0.25) is 0 Å². The van der Waals surface area contributed by atoms with Crippen molar-refractivity contribution in [2.75, 3.05) is 18.5 Å². The van der Waals surface area contributed by atoms with Crippen LogP contribution in [-0.2, 0) is 9.59 Å². The summed E-state index contributed by atoms with van der Waals surface area (Å²) >= 11 is 0. The van der Waals surface area contributed by atoms with Crippen LogP contribution in [0.3, 0.4) is 0 Å². The highest BCUT2D eigenvalue weighted by Gasteiger charge is 2.26. The fraction of sp³-hybridized carbons (Fsp3) is 0.556. The zero-order valence-electron chi connectivity index (χ0n) is 14.0. The van der Waals surface area contributed by atoms with Crippen molar-refractivity contribution in [1.82, 2.24) is 4.90 Å². The molecular formula is C18H26N2O3. The van der Waals surface area contributed by atoms with Gasteiger partial charge in [-0.25, -0.2) is 0 Å². The van der Waals surface area contributed by atoms with Crippen LogP contribution in [-0.4, -0.2) is 35.9 Å². The largest absolute Gasteiger partial charge is 0.494 e.